The number of benzene rings is 2. The maximum atomic E-state index is 13.4. The molecule has 0 aromatic heterocycles. The van der Waals surface area contributed by atoms with Crippen molar-refractivity contribution in [1.82, 2.24) is 5.32 Å². The van der Waals surface area contributed by atoms with Crippen molar-refractivity contribution in [2.45, 2.75) is 13.5 Å². The fourth-order valence-corrected chi connectivity index (χ4v) is 2.31. The van der Waals surface area contributed by atoms with Crippen LogP contribution in [0.25, 0.3) is 0 Å². The van der Waals surface area contributed by atoms with Crippen LogP contribution in [-0.4, -0.2) is 18.5 Å². The summed E-state index contributed by atoms with van der Waals surface area (Å²) in [6, 6.07) is 9.61. The molecule has 0 radical (unpaired) electrons. The SMILES string of the molecule is Cc1ccc(CNC(=O)COC(=O)c2cc(F)c(Cl)cc2Cl)cc1. The number of carbonyl (C=O) groups is 2. The predicted octanol–water partition coefficient (Wildman–Crippen LogP) is 3.91. The van der Waals surface area contributed by atoms with Crippen LogP contribution in [0.4, 0.5) is 4.39 Å². The molecule has 0 aliphatic rings. The van der Waals surface area contributed by atoms with Gasteiger partial charge >= 0.3 is 5.97 Å². The molecule has 1 amide bonds. The number of amides is 1. The zero-order valence-corrected chi connectivity index (χ0v) is 14.2. The molecule has 2 aromatic carbocycles. The lowest BCUT2D eigenvalue weighted by Crippen LogP contribution is -2.28. The highest BCUT2D eigenvalue weighted by atomic mass is 35.5. The molecule has 2 aromatic rings. The number of hydrogen-bond donors (Lipinski definition) is 1. The standard InChI is InChI=1S/C17H14Cl2FNO3/c1-10-2-4-11(5-3-10)8-21-16(22)9-24-17(23)12-6-15(20)14(19)7-13(12)18/h2-7H,8-9H2,1H3,(H,21,22). The van der Waals surface area contributed by atoms with E-state index in [4.69, 9.17) is 27.9 Å². The third-order valence-electron chi connectivity index (χ3n) is 3.17. The zero-order chi connectivity index (χ0) is 17.7. The van der Waals surface area contributed by atoms with Crippen LogP contribution in [0.15, 0.2) is 36.4 Å². The van der Waals surface area contributed by atoms with Crippen LogP contribution in [-0.2, 0) is 16.1 Å². The average Bonchev–Trinajstić information content (AvgIpc) is 2.55. The first-order valence-electron chi connectivity index (χ1n) is 7.00. The number of rotatable bonds is 5. The Balaban J connectivity index is 1.86. The van der Waals surface area contributed by atoms with Crippen LogP contribution < -0.4 is 5.32 Å². The summed E-state index contributed by atoms with van der Waals surface area (Å²) in [5.41, 5.74) is 1.85. The number of nitrogens with one attached hydrogen (secondary N) is 1. The summed E-state index contributed by atoms with van der Waals surface area (Å²) in [4.78, 5) is 23.6. The summed E-state index contributed by atoms with van der Waals surface area (Å²) >= 11 is 11.4. The Morgan fingerprint density at radius 3 is 2.46 bits per heavy atom. The van der Waals surface area contributed by atoms with E-state index in [0.29, 0.717) is 6.54 Å². The first kappa shape index (κ1) is 18.2. The molecule has 4 nitrogen and oxygen atoms in total. The van der Waals surface area contributed by atoms with Gasteiger partial charge in [-0.1, -0.05) is 53.0 Å². The van der Waals surface area contributed by atoms with Gasteiger partial charge in [-0.2, -0.15) is 0 Å². The monoisotopic (exact) mass is 369 g/mol. The van der Waals surface area contributed by atoms with Crippen molar-refractivity contribution in [1.29, 1.82) is 0 Å². The number of esters is 1. The minimum absolute atomic E-state index is 0.0496. The first-order chi connectivity index (χ1) is 11.4. The van der Waals surface area contributed by atoms with Gasteiger partial charge in [-0.05, 0) is 24.6 Å². The van der Waals surface area contributed by atoms with Gasteiger partial charge in [-0.3, -0.25) is 4.79 Å². The quantitative estimate of drug-likeness (QED) is 0.641. The molecule has 0 aliphatic carbocycles. The third kappa shape index (κ3) is 4.94. The van der Waals surface area contributed by atoms with Gasteiger partial charge in [0.1, 0.15) is 5.82 Å². The van der Waals surface area contributed by atoms with Gasteiger partial charge in [0, 0.05) is 6.54 Å². The fraction of sp³-hybridized carbons (Fsp3) is 0.176. The van der Waals surface area contributed by atoms with Crippen LogP contribution in [0.3, 0.4) is 0 Å². The van der Waals surface area contributed by atoms with Crippen LogP contribution in [0, 0.1) is 12.7 Å². The Kier molecular flexibility index (Phi) is 6.17. The summed E-state index contributed by atoms with van der Waals surface area (Å²) in [7, 11) is 0. The lowest BCUT2D eigenvalue weighted by Gasteiger charge is -2.08. The molecule has 24 heavy (non-hydrogen) atoms. The first-order valence-corrected chi connectivity index (χ1v) is 7.76. The molecule has 1 N–H and O–H groups in total. The smallest absolute Gasteiger partial charge is 0.340 e. The van der Waals surface area contributed by atoms with Gasteiger partial charge in [-0.25, -0.2) is 9.18 Å². The van der Waals surface area contributed by atoms with Crippen LogP contribution in [0.1, 0.15) is 21.5 Å². The Hall–Kier alpha value is -2.11. The largest absolute Gasteiger partial charge is 0.452 e. The van der Waals surface area contributed by atoms with Gasteiger partial charge in [-0.15, -0.1) is 0 Å². The average molecular weight is 370 g/mol. The van der Waals surface area contributed by atoms with E-state index in [1.165, 1.54) is 0 Å². The molecule has 0 saturated heterocycles. The van der Waals surface area contributed by atoms with Crippen molar-refractivity contribution in [2.75, 3.05) is 6.61 Å². The zero-order valence-electron chi connectivity index (χ0n) is 12.7. The van der Waals surface area contributed by atoms with Gasteiger partial charge < -0.3 is 10.1 Å². The van der Waals surface area contributed by atoms with Crippen molar-refractivity contribution in [3.63, 3.8) is 0 Å². The third-order valence-corrected chi connectivity index (χ3v) is 3.78. The van der Waals surface area contributed by atoms with E-state index >= 15 is 0 Å². The van der Waals surface area contributed by atoms with Gasteiger partial charge in [0.25, 0.3) is 5.91 Å². The maximum Gasteiger partial charge on any atom is 0.340 e. The van der Waals surface area contributed by atoms with E-state index < -0.39 is 24.3 Å². The summed E-state index contributed by atoms with van der Waals surface area (Å²) in [6.45, 7) is 1.78. The molecule has 0 spiro atoms. The maximum absolute atomic E-state index is 13.4. The minimum atomic E-state index is -0.902. The van der Waals surface area contributed by atoms with Gasteiger partial charge in [0.05, 0.1) is 15.6 Å². The second-order valence-corrected chi connectivity index (χ2v) is 5.90. The van der Waals surface area contributed by atoms with E-state index in [0.717, 1.165) is 23.3 Å². The molecule has 7 heteroatoms. The summed E-state index contributed by atoms with van der Waals surface area (Å²) < 4.78 is 18.2. The van der Waals surface area contributed by atoms with Crippen molar-refractivity contribution < 1.29 is 18.7 Å². The number of hydrogen-bond acceptors (Lipinski definition) is 3. The Morgan fingerprint density at radius 1 is 1.12 bits per heavy atom. The van der Waals surface area contributed by atoms with E-state index in [2.05, 4.69) is 5.32 Å². The topological polar surface area (TPSA) is 55.4 Å². The molecule has 0 aliphatic heterocycles. The lowest BCUT2D eigenvalue weighted by molar-refractivity contribution is -0.124. The van der Waals surface area contributed by atoms with Crippen molar-refractivity contribution >= 4 is 35.1 Å². The Labute approximate surface area is 148 Å². The summed E-state index contributed by atoms with van der Waals surface area (Å²) in [5.74, 6) is -2.17. The molecule has 126 valence electrons. The highest BCUT2D eigenvalue weighted by Gasteiger charge is 2.16. The summed E-state index contributed by atoms with van der Waals surface area (Å²) in [6.07, 6.45) is 0. The van der Waals surface area contributed by atoms with E-state index in [-0.39, 0.29) is 15.6 Å². The predicted molar refractivity (Wildman–Crippen MR) is 89.7 cm³/mol. The fourth-order valence-electron chi connectivity index (χ4n) is 1.85. The molecule has 0 fully saturated rings. The normalized spacial score (nSPS) is 10.3. The minimum Gasteiger partial charge on any atom is -0.452 e. The van der Waals surface area contributed by atoms with Crippen LogP contribution in [0.5, 0.6) is 0 Å². The number of ether oxygens (including phenoxy) is 1. The molecule has 2 rings (SSSR count). The number of aryl methyl sites for hydroxylation is 1. The van der Waals surface area contributed by atoms with Crippen molar-refractivity contribution in [3.8, 4) is 0 Å². The van der Waals surface area contributed by atoms with Crippen LogP contribution >= 0.6 is 23.2 Å². The van der Waals surface area contributed by atoms with E-state index in [1.807, 2.05) is 31.2 Å². The van der Waals surface area contributed by atoms with E-state index in [9.17, 15) is 14.0 Å². The van der Waals surface area contributed by atoms with Crippen molar-refractivity contribution in [2.24, 2.45) is 0 Å². The number of halogens is 3. The summed E-state index contributed by atoms with van der Waals surface area (Å²) in [5, 5.41) is 2.36. The highest BCUT2D eigenvalue weighted by molar-refractivity contribution is 6.36. The molecular weight excluding hydrogens is 356 g/mol. The molecule has 0 heterocycles. The molecule has 0 bridgehead atoms. The molecule has 0 saturated carbocycles. The number of carbonyl (C=O) groups excluding carboxylic acids is 2. The molecular formula is C17H14Cl2FNO3. The van der Waals surface area contributed by atoms with Gasteiger partial charge in [0.15, 0.2) is 6.61 Å². The van der Waals surface area contributed by atoms with E-state index in [1.54, 1.807) is 0 Å². The highest BCUT2D eigenvalue weighted by Crippen LogP contribution is 2.24. The lowest BCUT2D eigenvalue weighted by atomic mass is 10.1. The molecule has 0 unspecified atom stereocenters. The van der Waals surface area contributed by atoms with Gasteiger partial charge in [0.2, 0.25) is 0 Å². The Bertz CT molecular complexity index is 763. The Morgan fingerprint density at radius 2 is 1.79 bits per heavy atom. The van der Waals surface area contributed by atoms with Crippen LogP contribution in [0.2, 0.25) is 10.0 Å². The second-order valence-electron chi connectivity index (χ2n) is 5.08. The molecule has 0 atom stereocenters. The second kappa shape index (κ2) is 8.13. The van der Waals surface area contributed by atoms with Crippen molar-refractivity contribution in [3.05, 3.63) is 69.0 Å².